The molecule has 4 nitrogen and oxygen atoms in total. The molecular weight excluding hydrogens is 264 g/mol. The molecule has 1 amide bonds. The van der Waals surface area contributed by atoms with Crippen molar-refractivity contribution in [2.24, 2.45) is 0 Å². The molecule has 0 atom stereocenters. The van der Waals surface area contributed by atoms with E-state index in [0.29, 0.717) is 13.1 Å². The molecule has 2 aromatic rings. The van der Waals surface area contributed by atoms with Gasteiger partial charge in [0.05, 0.1) is 19.4 Å². The number of hydrogen-bond acceptors (Lipinski definition) is 3. The predicted octanol–water partition coefficient (Wildman–Crippen LogP) is 2.69. The van der Waals surface area contributed by atoms with Crippen LogP contribution >= 0.6 is 0 Å². The average Bonchev–Trinajstić information content (AvgIpc) is 3.00. The van der Waals surface area contributed by atoms with Crippen LogP contribution in [0.1, 0.15) is 17.7 Å². The smallest absolute Gasteiger partial charge is 0.242 e. The Labute approximate surface area is 125 Å². The van der Waals surface area contributed by atoms with Crippen molar-refractivity contribution in [2.45, 2.75) is 19.4 Å². The number of aryl methyl sites for hydroxylation is 1. The van der Waals surface area contributed by atoms with Crippen LogP contribution in [-0.2, 0) is 17.8 Å². The highest BCUT2D eigenvalue weighted by atomic mass is 16.3. The van der Waals surface area contributed by atoms with Crippen LogP contribution in [0.25, 0.3) is 0 Å². The van der Waals surface area contributed by atoms with Crippen molar-refractivity contribution in [3.8, 4) is 0 Å². The van der Waals surface area contributed by atoms with Crippen LogP contribution in [0.3, 0.4) is 0 Å². The van der Waals surface area contributed by atoms with E-state index in [1.165, 1.54) is 11.3 Å². The molecule has 3 rings (SSSR count). The molecule has 4 heteroatoms. The number of benzene rings is 1. The molecule has 1 aromatic heterocycles. The summed E-state index contributed by atoms with van der Waals surface area (Å²) in [7, 11) is 1.82. The van der Waals surface area contributed by atoms with E-state index < -0.39 is 0 Å². The minimum Gasteiger partial charge on any atom is -0.467 e. The molecule has 0 aliphatic carbocycles. The molecule has 0 radical (unpaired) electrons. The SMILES string of the molecule is CN(Cc1ccco1)C(=O)CN1CCCc2ccccc21. The maximum absolute atomic E-state index is 12.4. The summed E-state index contributed by atoms with van der Waals surface area (Å²) in [4.78, 5) is 16.3. The van der Waals surface area contributed by atoms with Crippen LogP contribution in [-0.4, -0.2) is 30.9 Å². The molecule has 2 heterocycles. The third-order valence-corrected chi connectivity index (χ3v) is 3.93. The number of para-hydroxylation sites is 1. The predicted molar refractivity (Wildman–Crippen MR) is 82.2 cm³/mol. The van der Waals surface area contributed by atoms with Gasteiger partial charge in [-0.3, -0.25) is 4.79 Å². The Kier molecular flexibility index (Phi) is 3.95. The topological polar surface area (TPSA) is 36.7 Å². The van der Waals surface area contributed by atoms with E-state index in [0.717, 1.165) is 25.1 Å². The first-order valence-corrected chi connectivity index (χ1v) is 7.33. The number of nitrogens with zero attached hydrogens (tertiary/aromatic N) is 2. The number of hydrogen-bond donors (Lipinski definition) is 0. The van der Waals surface area contributed by atoms with Gasteiger partial charge in [0.15, 0.2) is 0 Å². The van der Waals surface area contributed by atoms with Crippen molar-refractivity contribution in [1.29, 1.82) is 0 Å². The second-order valence-electron chi connectivity index (χ2n) is 5.48. The zero-order valence-corrected chi connectivity index (χ0v) is 12.3. The molecule has 1 aliphatic heterocycles. The standard InChI is InChI=1S/C17H20N2O2/c1-18(12-15-8-5-11-21-15)17(20)13-19-10-4-7-14-6-2-3-9-16(14)19/h2-3,5-6,8-9,11H,4,7,10,12-13H2,1H3. The molecule has 110 valence electrons. The van der Waals surface area contributed by atoms with Gasteiger partial charge in [0, 0.05) is 19.3 Å². The van der Waals surface area contributed by atoms with Gasteiger partial charge < -0.3 is 14.2 Å². The average molecular weight is 284 g/mol. The van der Waals surface area contributed by atoms with Crippen molar-refractivity contribution >= 4 is 11.6 Å². The second kappa shape index (κ2) is 6.04. The lowest BCUT2D eigenvalue weighted by atomic mass is 10.0. The molecule has 0 saturated heterocycles. The van der Waals surface area contributed by atoms with Crippen molar-refractivity contribution < 1.29 is 9.21 Å². The Morgan fingerprint density at radius 1 is 1.29 bits per heavy atom. The summed E-state index contributed by atoms with van der Waals surface area (Å²) in [5, 5.41) is 0. The molecule has 0 unspecified atom stereocenters. The summed E-state index contributed by atoms with van der Waals surface area (Å²) in [5.41, 5.74) is 2.54. The van der Waals surface area contributed by atoms with Crippen LogP contribution in [0.15, 0.2) is 47.1 Å². The van der Waals surface area contributed by atoms with Gasteiger partial charge in [0.1, 0.15) is 5.76 Å². The van der Waals surface area contributed by atoms with E-state index in [1.54, 1.807) is 11.2 Å². The Hall–Kier alpha value is -2.23. The van der Waals surface area contributed by atoms with Crippen LogP contribution in [0.5, 0.6) is 0 Å². The van der Waals surface area contributed by atoms with E-state index in [1.807, 2.05) is 25.2 Å². The van der Waals surface area contributed by atoms with E-state index in [-0.39, 0.29) is 5.91 Å². The van der Waals surface area contributed by atoms with Crippen LogP contribution in [0.4, 0.5) is 5.69 Å². The van der Waals surface area contributed by atoms with Crippen molar-refractivity contribution in [3.05, 3.63) is 54.0 Å². The highest BCUT2D eigenvalue weighted by Crippen LogP contribution is 2.26. The summed E-state index contributed by atoms with van der Waals surface area (Å²) < 4.78 is 5.29. The first kappa shape index (κ1) is 13.7. The Morgan fingerprint density at radius 3 is 2.95 bits per heavy atom. The molecule has 0 fully saturated rings. The molecule has 21 heavy (non-hydrogen) atoms. The maximum atomic E-state index is 12.4. The van der Waals surface area contributed by atoms with Gasteiger partial charge in [0.25, 0.3) is 0 Å². The van der Waals surface area contributed by atoms with Gasteiger partial charge in [-0.05, 0) is 36.6 Å². The maximum Gasteiger partial charge on any atom is 0.242 e. The van der Waals surface area contributed by atoms with Gasteiger partial charge in [-0.2, -0.15) is 0 Å². The normalized spacial score (nSPS) is 13.9. The minimum atomic E-state index is 0.114. The molecule has 1 aliphatic rings. The van der Waals surface area contributed by atoms with Crippen LogP contribution < -0.4 is 4.90 Å². The second-order valence-corrected chi connectivity index (χ2v) is 5.48. The number of rotatable bonds is 4. The van der Waals surface area contributed by atoms with E-state index in [2.05, 4.69) is 23.1 Å². The quantitative estimate of drug-likeness (QED) is 0.866. The number of carbonyl (C=O) groups excluding carboxylic acids is 1. The first-order valence-electron chi connectivity index (χ1n) is 7.33. The fourth-order valence-corrected chi connectivity index (χ4v) is 2.78. The fourth-order valence-electron chi connectivity index (χ4n) is 2.78. The Balaban J connectivity index is 1.65. The third kappa shape index (κ3) is 3.10. The van der Waals surface area contributed by atoms with Crippen LogP contribution in [0, 0.1) is 0 Å². The van der Waals surface area contributed by atoms with Gasteiger partial charge in [0.2, 0.25) is 5.91 Å². The molecule has 1 aromatic carbocycles. The van der Waals surface area contributed by atoms with Crippen molar-refractivity contribution in [1.82, 2.24) is 4.90 Å². The van der Waals surface area contributed by atoms with Crippen molar-refractivity contribution in [2.75, 3.05) is 25.0 Å². The molecule has 0 bridgehead atoms. The summed E-state index contributed by atoms with van der Waals surface area (Å²) in [5.74, 6) is 0.924. The summed E-state index contributed by atoms with van der Waals surface area (Å²) >= 11 is 0. The number of furan rings is 1. The van der Waals surface area contributed by atoms with E-state index >= 15 is 0 Å². The molecule has 0 N–H and O–H groups in total. The molecular formula is C17H20N2O2. The van der Waals surface area contributed by atoms with Gasteiger partial charge in [-0.1, -0.05) is 18.2 Å². The van der Waals surface area contributed by atoms with Gasteiger partial charge in [-0.25, -0.2) is 0 Å². The number of fused-ring (bicyclic) bond motifs is 1. The van der Waals surface area contributed by atoms with Crippen molar-refractivity contribution in [3.63, 3.8) is 0 Å². The van der Waals surface area contributed by atoms with Crippen LogP contribution in [0.2, 0.25) is 0 Å². The number of amides is 1. The lowest BCUT2D eigenvalue weighted by Crippen LogP contribution is -2.40. The number of carbonyl (C=O) groups is 1. The fraction of sp³-hybridized carbons (Fsp3) is 0.353. The monoisotopic (exact) mass is 284 g/mol. The zero-order chi connectivity index (χ0) is 14.7. The van der Waals surface area contributed by atoms with Gasteiger partial charge in [-0.15, -0.1) is 0 Å². The van der Waals surface area contributed by atoms with E-state index in [4.69, 9.17) is 4.42 Å². The zero-order valence-electron chi connectivity index (χ0n) is 12.3. The lowest BCUT2D eigenvalue weighted by Gasteiger charge is -2.32. The summed E-state index contributed by atoms with van der Waals surface area (Å²) in [6.45, 7) is 1.88. The highest BCUT2D eigenvalue weighted by Gasteiger charge is 2.20. The van der Waals surface area contributed by atoms with E-state index in [9.17, 15) is 4.79 Å². The number of anilines is 1. The molecule has 0 saturated carbocycles. The Bertz CT molecular complexity index is 607. The minimum absolute atomic E-state index is 0.114. The summed E-state index contributed by atoms with van der Waals surface area (Å²) in [6.07, 6.45) is 3.84. The third-order valence-electron chi connectivity index (χ3n) is 3.93. The van der Waals surface area contributed by atoms with Gasteiger partial charge >= 0.3 is 0 Å². The first-order chi connectivity index (χ1) is 10.2. The summed E-state index contributed by atoms with van der Waals surface area (Å²) in [6, 6.07) is 12.1. The highest BCUT2D eigenvalue weighted by molar-refractivity contribution is 5.81. The largest absolute Gasteiger partial charge is 0.467 e. The number of likely N-dealkylation sites (N-methyl/N-ethyl adjacent to an activating group) is 1. The molecule has 0 spiro atoms. The lowest BCUT2D eigenvalue weighted by molar-refractivity contribution is -0.129. The Morgan fingerprint density at radius 2 is 2.14 bits per heavy atom.